The molecule has 1 aromatic rings. The molecule has 0 aliphatic carbocycles. The van der Waals surface area contributed by atoms with Gasteiger partial charge in [-0.2, -0.15) is 0 Å². The van der Waals surface area contributed by atoms with E-state index in [2.05, 4.69) is 0 Å². The van der Waals surface area contributed by atoms with Crippen molar-refractivity contribution in [3.8, 4) is 0 Å². The van der Waals surface area contributed by atoms with E-state index in [1.807, 2.05) is 18.2 Å². The third-order valence-corrected chi connectivity index (χ3v) is 8.47. The molecule has 1 rings (SSSR count). The van der Waals surface area contributed by atoms with Crippen molar-refractivity contribution in [3.05, 3.63) is 29.8 Å². The van der Waals surface area contributed by atoms with E-state index in [4.69, 9.17) is 22.3 Å². The van der Waals surface area contributed by atoms with Gasteiger partial charge < -0.3 is 22.3 Å². The van der Waals surface area contributed by atoms with Crippen molar-refractivity contribution in [2.24, 2.45) is 0 Å². The first-order valence-electron chi connectivity index (χ1n) is 7.63. The Morgan fingerprint density at radius 1 is 0.957 bits per heavy atom. The zero-order valence-electron chi connectivity index (χ0n) is 14.5. The summed E-state index contributed by atoms with van der Waals surface area (Å²) in [4.78, 5) is 0. The zero-order chi connectivity index (χ0) is 17.3. The van der Waals surface area contributed by atoms with Gasteiger partial charge in [0.05, 0.1) is 18.5 Å². The van der Waals surface area contributed by atoms with Crippen LogP contribution in [0.1, 0.15) is 19.4 Å². The highest BCUT2D eigenvalue weighted by atomic mass is 31.2. The minimum atomic E-state index is -3.32. The van der Waals surface area contributed by atoms with Crippen LogP contribution in [0.5, 0.6) is 0 Å². The summed E-state index contributed by atoms with van der Waals surface area (Å²) in [6.45, 7) is 4.23. The molecule has 0 saturated heterocycles. The SMILES string of the molecule is CCOP(=O)(OCC)c1ccccc1CC[Si](OC)(OC)OC. The summed E-state index contributed by atoms with van der Waals surface area (Å²) >= 11 is 0. The summed E-state index contributed by atoms with van der Waals surface area (Å²) in [5.41, 5.74) is 0.890. The highest BCUT2D eigenvalue weighted by molar-refractivity contribution is 7.62. The first kappa shape index (κ1) is 20.5. The molecule has 0 fully saturated rings. The van der Waals surface area contributed by atoms with Crippen LogP contribution in [-0.2, 0) is 33.3 Å². The van der Waals surface area contributed by atoms with Crippen LogP contribution in [-0.4, -0.2) is 43.3 Å². The minimum absolute atomic E-state index is 0.318. The van der Waals surface area contributed by atoms with Crippen LogP contribution in [0, 0.1) is 0 Å². The zero-order valence-corrected chi connectivity index (χ0v) is 16.4. The third-order valence-electron chi connectivity index (χ3n) is 3.52. The Morgan fingerprint density at radius 3 is 1.96 bits per heavy atom. The molecule has 1 aromatic carbocycles. The Bertz CT molecular complexity index is 502. The Balaban J connectivity index is 3.08. The number of hydrogen-bond donors (Lipinski definition) is 0. The molecule has 0 atom stereocenters. The van der Waals surface area contributed by atoms with E-state index in [-0.39, 0.29) is 0 Å². The Labute approximate surface area is 139 Å². The maximum absolute atomic E-state index is 13.0. The molecule has 0 spiro atoms. The smallest absolute Gasteiger partial charge is 0.377 e. The molecule has 0 radical (unpaired) electrons. The Hall–Kier alpha value is -0.533. The maximum Gasteiger partial charge on any atom is 0.500 e. The predicted octanol–water partition coefficient (Wildman–Crippen LogP) is 3.00. The van der Waals surface area contributed by atoms with Crippen molar-refractivity contribution in [1.29, 1.82) is 0 Å². The lowest BCUT2D eigenvalue weighted by Crippen LogP contribution is -2.43. The van der Waals surface area contributed by atoms with Crippen LogP contribution >= 0.6 is 7.60 Å². The number of rotatable bonds is 11. The molecule has 0 bridgehead atoms. The quantitative estimate of drug-likeness (QED) is 0.445. The Morgan fingerprint density at radius 2 is 1.48 bits per heavy atom. The average Bonchev–Trinajstić information content (AvgIpc) is 2.57. The van der Waals surface area contributed by atoms with Gasteiger partial charge in [0.2, 0.25) is 0 Å². The van der Waals surface area contributed by atoms with Gasteiger partial charge in [0.15, 0.2) is 0 Å². The average molecular weight is 362 g/mol. The summed E-state index contributed by atoms with van der Waals surface area (Å²) in [6.07, 6.45) is 0.599. The summed E-state index contributed by atoms with van der Waals surface area (Å²) < 4.78 is 40.3. The van der Waals surface area contributed by atoms with E-state index in [1.165, 1.54) is 0 Å². The second kappa shape index (κ2) is 9.69. The van der Waals surface area contributed by atoms with Crippen molar-refractivity contribution in [3.63, 3.8) is 0 Å². The molecule has 0 aromatic heterocycles. The van der Waals surface area contributed by atoms with E-state index in [0.29, 0.717) is 31.0 Å². The van der Waals surface area contributed by atoms with Gasteiger partial charge in [0, 0.05) is 27.4 Å². The molecule has 8 heteroatoms. The summed E-state index contributed by atoms with van der Waals surface area (Å²) in [7, 11) is -1.27. The van der Waals surface area contributed by atoms with Crippen molar-refractivity contribution < 1.29 is 26.9 Å². The molecule has 0 aliphatic heterocycles. The lowest BCUT2D eigenvalue weighted by molar-refractivity contribution is 0.123. The van der Waals surface area contributed by atoms with E-state index >= 15 is 0 Å². The standard InChI is InChI=1S/C15H27O6PSi/c1-6-20-22(16,21-7-2)15-11-9-8-10-14(15)12-13-23(17-3,18-4)19-5/h8-11H,6-7,12-13H2,1-5H3. The molecule has 6 nitrogen and oxygen atoms in total. The lowest BCUT2D eigenvalue weighted by Gasteiger charge is -2.25. The second-order valence-electron chi connectivity index (χ2n) is 4.76. The molecule has 0 amide bonds. The molecule has 0 heterocycles. The van der Waals surface area contributed by atoms with Crippen LogP contribution in [0.25, 0.3) is 0 Å². The first-order chi connectivity index (χ1) is 11.0. The van der Waals surface area contributed by atoms with E-state index in [9.17, 15) is 4.57 Å². The molecule has 0 aliphatic rings. The topological polar surface area (TPSA) is 63.2 Å². The maximum atomic E-state index is 13.0. The van der Waals surface area contributed by atoms with Gasteiger partial charge in [-0.15, -0.1) is 0 Å². The van der Waals surface area contributed by atoms with Gasteiger partial charge in [0.1, 0.15) is 0 Å². The largest absolute Gasteiger partial charge is 0.500 e. The lowest BCUT2D eigenvalue weighted by atomic mass is 10.2. The van der Waals surface area contributed by atoms with Crippen LogP contribution < -0.4 is 5.30 Å². The first-order valence-corrected chi connectivity index (χ1v) is 11.1. The fraction of sp³-hybridized carbons (Fsp3) is 0.600. The van der Waals surface area contributed by atoms with Gasteiger partial charge in [0.25, 0.3) is 0 Å². The molecular formula is C15H27O6PSi. The number of benzene rings is 1. The van der Waals surface area contributed by atoms with Crippen LogP contribution in [0.15, 0.2) is 24.3 Å². The van der Waals surface area contributed by atoms with Gasteiger partial charge in [-0.25, -0.2) is 0 Å². The van der Waals surface area contributed by atoms with Crippen molar-refractivity contribution in [1.82, 2.24) is 0 Å². The molecule has 0 N–H and O–H groups in total. The molecular weight excluding hydrogens is 335 g/mol. The molecule has 0 unspecified atom stereocenters. The van der Waals surface area contributed by atoms with Gasteiger partial charge in [-0.1, -0.05) is 18.2 Å². The van der Waals surface area contributed by atoms with Crippen LogP contribution in [0.2, 0.25) is 6.04 Å². The van der Waals surface area contributed by atoms with E-state index in [0.717, 1.165) is 5.56 Å². The fourth-order valence-corrected chi connectivity index (χ4v) is 5.88. The van der Waals surface area contributed by atoms with Gasteiger partial charge in [-0.05, 0) is 31.9 Å². The molecule has 0 saturated carbocycles. The highest BCUT2D eigenvalue weighted by Crippen LogP contribution is 2.47. The van der Waals surface area contributed by atoms with Crippen LogP contribution in [0.3, 0.4) is 0 Å². The monoisotopic (exact) mass is 362 g/mol. The van der Waals surface area contributed by atoms with Crippen molar-refractivity contribution in [2.45, 2.75) is 26.3 Å². The van der Waals surface area contributed by atoms with Gasteiger partial charge in [-0.3, -0.25) is 4.57 Å². The van der Waals surface area contributed by atoms with Crippen molar-refractivity contribution >= 4 is 21.7 Å². The molecule has 132 valence electrons. The number of aryl methyl sites for hydroxylation is 1. The molecule has 23 heavy (non-hydrogen) atoms. The van der Waals surface area contributed by atoms with Crippen molar-refractivity contribution in [2.75, 3.05) is 34.5 Å². The predicted molar refractivity (Wildman–Crippen MR) is 92.2 cm³/mol. The minimum Gasteiger partial charge on any atom is -0.377 e. The Kier molecular flexibility index (Phi) is 8.64. The fourth-order valence-electron chi connectivity index (χ4n) is 2.35. The number of hydrogen-bond acceptors (Lipinski definition) is 6. The summed E-state index contributed by atoms with van der Waals surface area (Å²) in [5, 5.41) is 0.593. The van der Waals surface area contributed by atoms with Crippen LogP contribution in [0.4, 0.5) is 0 Å². The second-order valence-corrected chi connectivity index (χ2v) is 9.84. The highest BCUT2D eigenvalue weighted by Gasteiger charge is 2.38. The van der Waals surface area contributed by atoms with E-state index < -0.39 is 16.4 Å². The summed E-state index contributed by atoms with van der Waals surface area (Å²) in [6, 6.07) is 8.01. The third kappa shape index (κ3) is 5.22. The summed E-state index contributed by atoms with van der Waals surface area (Å²) in [5.74, 6) is 0. The van der Waals surface area contributed by atoms with Gasteiger partial charge >= 0.3 is 16.4 Å². The normalized spacial score (nSPS) is 12.6. The van der Waals surface area contributed by atoms with E-state index in [1.54, 1.807) is 41.2 Å².